The first-order valence-corrected chi connectivity index (χ1v) is 15.3. The second-order valence-electron chi connectivity index (χ2n) is 9.05. The van der Waals surface area contributed by atoms with E-state index in [4.69, 9.17) is 9.72 Å². The third-order valence-electron chi connectivity index (χ3n) is 5.21. The summed E-state index contributed by atoms with van der Waals surface area (Å²) in [6.07, 6.45) is 1.70. The summed E-state index contributed by atoms with van der Waals surface area (Å²) in [5, 5.41) is 5.11. The number of hydrogen-bond acceptors (Lipinski definition) is 4. The number of aromatic nitrogens is 2. The van der Waals surface area contributed by atoms with Crippen molar-refractivity contribution in [2.24, 2.45) is 5.10 Å². The Morgan fingerprint density at radius 2 is 1.64 bits per heavy atom. The lowest BCUT2D eigenvalue weighted by molar-refractivity contribution is 0.301. The van der Waals surface area contributed by atoms with E-state index in [9.17, 15) is 4.79 Å². The number of fused-ring (bicyclic) bond motifs is 1. The Hall–Kier alpha value is -0.830. The standard InChI is InChI=1S/C26H20Br3I2N3O2/c1-26(2,3)25-33-22-7-6-16(27)10-18(22)24(35)34(25)32-12-14-8-20(30)23(21(31)9-14)36-13-15-4-5-17(28)11-19(15)29/h4-12H,13H2,1-3H3. The average Bonchev–Trinajstić information content (AvgIpc) is 2.78. The lowest BCUT2D eigenvalue weighted by atomic mass is 9.95. The molecule has 0 fully saturated rings. The Kier molecular flexibility index (Phi) is 9.01. The fourth-order valence-electron chi connectivity index (χ4n) is 3.45. The zero-order valence-corrected chi connectivity index (χ0v) is 28.5. The normalized spacial score (nSPS) is 12.0. The van der Waals surface area contributed by atoms with E-state index >= 15 is 0 Å². The maximum absolute atomic E-state index is 13.4. The zero-order valence-electron chi connectivity index (χ0n) is 19.5. The van der Waals surface area contributed by atoms with Gasteiger partial charge in [0.15, 0.2) is 0 Å². The van der Waals surface area contributed by atoms with Crippen LogP contribution in [-0.2, 0) is 12.0 Å². The molecule has 3 aromatic carbocycles. The van der Waals surface area contributed by atoms with E-state index in [0.29, 0.717) is 23.3 Å². The second kappa shape index (κ2) is 11.5. The molecule has 0 amide bonds. The molecule has 0 spiro atoms. The van der Waals surface area contributed by atoms with Crippen LogP contribution in [0.25, 0.3) is 10.9 Å². The molecule has 186 valence electrons. The van der Waals surface area contributed by atoms with E-state index in [2.05, 4.69) is 98.1 Å². The molecule has 4 aromatic rings. The van der Waals surface area contributed by atoms with Crippen molar-refractivity contribution < 1.29 is 4.74 Å². The third kappa shape index (κ3) is 6.41. The molecule has 0 aliphatic heterocycles. The summed E-state index contributed by atoms with van der Waals surface area (Å²) in [4.78, 5) is 18.2. The van der Waals surface area contributed by atoms with Crippen LogP contribution in [0.15, 0.2) is 71.8 Å². The van der Waals surface area contributed by atoms with Crippen LogP contribution in [0.3, 0.4) is 0 Å². The van der Waals surface area contributed by atoms with Gasteiger partial charge in [0.2, 0.25) is 0 Å². The van der Waals surface area contributed by atoms with Crippen molar-refractivity contribution in [2.75, 3.05) is 0 Å². The Morgan fingerprint density at radius 3 is 2.28 bits per heavy atom. The fraction of sp³-hybridized carbons (Fsp3) is 0.192. The predicted octanol–water partition coefficient (Wildman–Crippen LogP) is 8.65. The van der Waals surface area contributed by atoms with Gasteiger partial charge in [-0.15, -0.1) is 0 Å². The minimum Gasteiger partial charge on any atom is -0.487 e. The first kappa shape index (κ1) is 28.2. The molecule has 0 saturated carbocycles. The van der Waals surface area contributed by atoms with Gasteiger partial charge >= 0.3 is 0 Å². The topological polar surface area (TPSA) is 56.5 Å². The lowest BCUT2D eigenvalue weighted by Gasteiger charge is -2.21. The number of benzene rings is 3. The number of rotatable bonds is 5. The Balaban J connectivity index is 1.68. The van der Waals surface area contributed by atoms with Gasteiger partial charge < -0.3 is 4.74 Å². The molecule has 5 nitrogen and oxygen atoms in total. The highest BCUT2D eigenvalue weighted by atomic mass is 127. The van der Waals surface area contributed by atoms with Crippen molar-refractivity contribution in [3.63, 3.8) is 0 Å². The fourth-order valence-corrected chi connectivity index (χ4v) is 7.10. The van der Waals surface area contributed by atoms with Gasteiger partial charge in [0.25, 0.3) is 5.56 Å². The van der Waals surface area contributed by atoms with Crippen molar-refractivity contribution in [1.29, 1.82) is 0 Å². The highest BCUT2D eigenvalue weighted by Gasteiger charge is 2.23. The molecule has 36 heavy (non-hydrogen) atoms. The maximum Gasteiger partial charge on any atom is 0.282 e. The molecule has 0 N–H and O–H groups in total. The second-order valence-corrected chi connectivity index (χ2v) is 14.1. The third-order valence-corrected chi connectivity index (χ3v) is 8.54. The molecule has 0 aliphatic carbocycles. The molecule has 0 radical (unpaired) electrons. The molecular formula is C26H20Br3I2N3O2. The van der Waals surface area contributed by atoms with Crippen molar-refractivity contribution in [1.82, 2.24) is 9.66 Å². The molecule has 0 saturated heterocycles. The number of hydrogen-bond donors (Lipinski definition) is 0. The predicted molar refractivity (Wildman–Crippen MR) is 173 cm³/mol. The van der Waals surface area contributed by atoms with Crippen molar-refractivity contribution in [3.8, 4) is 5.75 Å². The van der Waals surface area contributed by atoms with E-state index in [1.807, 2.05) is 63.2 Å². The Morgan fingerprint density at radius 1 is 1.00 bits per heavy atom. The SMILES string of the molecule is CC(C)(C)c1nc2ccc(Br)cc2c(=O)n1N=Cc1cc(I)c(OCc2ccc(Br)cc2Br)c(I)c1. The van der Waals surface area contributed by atoms with Crippen LogP contribution in [-0.4, -0.2) is 15.9 Å². The summed E-state index contributed by atoms with van der Waals surface area (Å²) >= 11 is 15.1. The van der Waals surface area contributed by atoms with Crippen molar-refractivity contribution in [2.45, 2.75) is 32.8 Å². The quantitative estimate of drug-likeness (QED) is 0.149. The van der Waals surface area contributed by atoms with Gasteiger partial charge in [0.05, 0.1) is 24.3 Å². The van der Waals surface area contributed by atoms with Crippen molar-refractivity contribution >= 4 is 110 Å². The van der Waals surface area contributed by atoms with E-state index in [1.165, 1.54) is 4.68 Å². The van der Waals surface area contributed by atoms with E-state index in [1.54, 1.807) is 12.3 Å². The highest BCUT2D eigenvalue weighted by Crippen LogP contribution is 2.31. The van der Waals surface area contributed by atoms with Gasteiger partial charge in [-0.25, -0.2) is 4.98 Å². The van der Waals surface area contributed by atoms with Crippen LogP contribution < -0.4 is 10.3 Å². The smallest absolute Gasteiger partial charge is 0.282 e. The molecule has 0 aliphatic rings. The Labute approximate surface area is 261 Å². The summed E-state index contributed by atoms with van der Waals surface area (Å²) in [7, 11) is 0. The summed E-state index contributed by atoms with van der Waals surface area (Å²) in [5.74, 6) is 1.41. The monoisotopic (exact) mass is 897 g/mol. The van der Waals surface area contributed by atoms with Crippen LogP contribution in [0.2, 0.25) is 0 Å². The largest absolute Gasteiger partial charge is 0.487 e. The van der Waals surface area contributed by atoms with E-state index in [0.717, 1.165) is 37.4 Å². The number of nitrogens with zero attached hydrogens (tertiary/aromatic N) is 3. The Bertz CT molecular complexity index is 1540. The van der Waals surface area contributed by atoms with Gasteiger partial charge in [0, 0.05) is 24.4 Å². The molecular weight excluding hydrogens is 880 g/mol. The molecule has 4 rings (SSSR count). The molecule has 0 bridgehead atoms. The summed E-state index contributed by atoms with van der Waals surface area (Å²) in [6.45, 7) is 6.50. The van der Waals surface area contributed by atoms with Crippen LogP contribution in [0.4, 0.5) is 0 Å². The molecule has 10 heteroatoms. The van der Waals surface area contributed by atoms with Gasteiger partial charge in [-0.2, -0.15) is 9.78 Å². The molecule has 0 atom stereocenters. The summed E-state index contributed by atoms with van der Waals surface area (Å²) in [6, 6.07) is 15.5. The number of halogens is 5. The molecule has 1 heterocycles. The van der Waals surface area contributed by atoms with Gasteiger partial charge in [0.1, 0.15) is 18.2 Å². The van der Waals surface area contributed by atoms with Crippen LogP contribution in [0.5, 0.6) is 5.75 Å². The van der Waals surface area contributed by atoms with E-state index in [-0.39, 0.29) is 11.0 Å². The van der Waals surface area contributed by atoms with Gasteiger partial charge in [-0.3, -0.25) is 4.79 Å². The first-order valence-electron chi connectivity index (χ1n) is 10.8. The van der Waals surface area contributed by atoms with Gasteiger partial charge in [-0.05, 0) is 93.2 Å². The number of ether oxygens (including phenoxy) is 1. The average molecular weight is 900 g/mol. The molecule has 1 aromatic heterocycles. The highest BCUT2D eigenvalue weighted by molar-refractivity contribution is 14.1. The van der Waals surface area contributed by atoms with Crippen molar-refractivity contribution in [3.05, 3.63) is 96.4 Å². The van der Waals surface area contributed by atoms with E-state index < -0.39 is 0 Å². The lowest BCUT2D eigenvalue weighted by Crippen LogP contribution is -2.29. The summed E-state index contributed by atoms with van der Waals surface area (Å²) < 4.78 is 12.3. The van der Waals surface area contributed by atoms with Crippen LogP contribution >= 0.6 is 93.0 Å². The van der Waals surface area contributed by atoms with Crippen LogP contribution in [0.1, 0.15) is 37.7 Å². The van der Waals surface area contributed by atoms with Gasteiger partial charge in [-0.1, -0.05) is 74.6 Å². The summed E-state index contributed by atoms with van der Waals surface area (Å²) in [5.41, 5.74) is 2.00. The minimum absolute atomic E-state index is 0.202. The van der Waals surface area contributed by atoms with Crippen LogP contribution in [0, 0.1) is 7.14 Å². The zero-order chi connectivity index (χ0) is 26.2. The molecule has 0 unspecified atom stereocenters. The maximum atomic E-state index is 13.4. The minimum atomic E-state index is -0.375. The first-order chi connectivity index (χ1) is 16.9.